The van der Waals surface area contributed by atoms with Gasteiger partial charge in [0.2, 0.25) is 0 Å². The largest absolute Gasteiger partial charge is 0.394 e. The molecule has 0 aromatic rings. The Balaban J connectivity index is 2.50. The molecule has 1 unspecified atom stereocenters. The predicted molar refractivity (Wildman–Crippen MR) is 45.8 cm³/mol. The zero-order chi connectivity index (χ0) is 9.19. The van der Waals surface area contributed by atoms with Gasteiger partial charge in [-0.1, -0.05) is 13.3 Å². The van der Waals surface area contributed by atoms with E-state index in [9.17, 15) is 0 Å². The normalized spacial score (nSPS) is 34.0. The van der Waals surface area contributed by atoms with E-state index in [1.54, 1.807) is 0 Å². The maximum Gasteiger partial charge on any atom is 0.163 e. The van der Waals surface area contributed by atoms with Gasteiger partial charge in [0.15, 0.2) is 5.79 Å². The third kappa shape index (κ3) is 2.19. The summed E-state index contributed by atoms with van der Waals surface area (Å²) in [6.45, 7) is 5.91. The van der Waals surface area contributed by atoms with Crippen LogP contribution in [-0.4, -0.2) is 29.7 Å². The van der Waals surface area contributed by atoms with Gasteiger partial charge in [0.05, 0.1) is 12.7 Å². The van der Waals surface area contributed by atoms with Crippen LogP contribution >= 0.6 is 0 Å². The molecule has 72 valence electrons. The lowest BCUT2D eigenvalue weighted by atomic mass is 10.1. The lowest BCUT2D eigenvalue weighted by Crippen LogP contribution is -2.25. The van der Waals surface area contributed by atoms with Gasteiger partial charge in [-0.2, -0.15) is 0 Å². The predicted octanol–water partition coefficient (Wildman–Crippen LogP) is 1.30. The molecule has 1 aliphatic heterocycles. The maximum absolute atomic E-state index is 8.99. The second-order valence-electron chi connectivity index (χ2n) is 3.68. The summed E-state index contributed by atoms with van der Waals surface area (Å²) in [4.78, 5) is 0. The van der Waals surface area contributed by atoms with Crippen molar-refractivity contribution in [3.63, 3.8) is 0 Å². The first-order chi connectivity index (χ1) is 5.59. The molecule has 3 heteroatoms. The smallest absolute Gasteiger partial charge is 0.163 e. The van der Waals surface area contributed by atoms with Gasteiger partial charge < -0.3 is 14.6 Å². The van der Waals surface area contributed by atoms with E-state index in [2.05, 4.69) is 6.92 Å². The van der Waals surface area contributed by atoms with Crippen LogP contribution in [0.25, 0.3) is 0 Å². The lowest BCUT2D eigenvalue weighted by Gasteiger charge is -2.16. The Morgan fingerprint density at radius 2 is 1.83 bits per heavy atom. The number of aliphatic hydroxyl groups excluding tert-OH is 1. The van der Waals surface area contributed by atoms with E-state index in [4.69, 9.17) is 14.6 Å². The van der Waals surface area contributed by atoms with Crippen molar-refractivity contribution in [3.05, 3.63) is 0 Å². The molecular formula is C9H18O3. The Morgan fingerprint density at radius 3 is 2.33 bits per heavy atom. The van der Waals surface area contributed by atoms with Gasteiger partial charge in [0, 0.05) is 0 Å². The van der Waals surface area contributed by atoms with Crippen molar-refractivity contribution in [1.29, 1.82) is 0 Å². The van der Waals surface area contributed by atoms with Gasteiger partial charge in [-0.05, 0) is 20.3 Å². The second kappa shape index (κ2) is 3.73. The Kier molecular flexibility index (Phi) is 3.09. The quantitative estimate of drug-likeness (QED) is 0.701. The molecule has 1 N–H and O–H groups in total. The lowest BCUT2D eigenvalue weighted by molar-refractivity contribution is -0.149. The topological polar surface area (TPSA) is 38.7 Å². The monoisotopic (exact) mass is 174 g/mol. The van der Waals surface area contributed by atoms with E-state index in [-0.39, 0.29) is 18.8 Å². The first-order valence-corrected chi connectivity index (χ1v) is 4.55. The summed E-state index contributed by atoms with van der Waals surface area (Å²) in [6, 6.07) is 0. The van der Waals surface area contributed by atoms with Crippen molar-refractivity contribution >= 4 is 0 Å². The first kappa shape index (κ1) is 9.96. The third-order valence-corrected chi connectivity index (χ3v) is 2.04. The van der Waals surface area contributed by atoms with Crippen LogP contribution in [0.4, 0.5) is 0 Å². The molecule has 0 saturated carbocycles. The molecule has 1 aliphatic rings. The van der Waals surface area contributed by atoms with Gasteiger partial charge in [0.1, 0.15) is 6.10 Å². The number of rotatable bonds is 3. The highest BCUT2D eigenvalue weighted by atomic mass is 16.8. The Hall–Kier alpha value is -0.120. The molecule has 1 rings (SSSR count). The molecule has 1 fully saturated rings. The fraction of sp³-hybridized carbons (Fsp3) is 1.00. The summed E-state index contributed by atoms with van der Waals surface area (Å²) in [5.74, 6) is -0.521. The fourth-order valence-electron chi connectivity index (χ4n) is 1.59. The molecule has 0 bridgehead atoms. The molecule has 0 spiro atoms. The molecular weight excluding hydrogens is 156 g/mol. The SMILES string of the molecule is CCC[C@@H]1OC(C)(C)OC1CO. The minimum atomic E-state index is -0.521. The minimum absolute atomic E-state index is 0.0497. The van der Waals surface area contributed by atoms with Gasteiger partial charge in [0.25, 0.3) is 0 Å². The van der Waals surface area contributed by atoms with E-state index >= 15 is 0 Å². The first-order valence-electron chi connectivity index (χ1n) is 4.55. The second-order valence-corrected chi connectivity index (χ2v) is 3.68. The zero-order valence-corrected chi connectivity index (χ0v) is 8.04. The molecule has 1 saturated heterocycles. The van der Waals surface area contributed by atoms with Crippen molar-refractivity contribution in [2.75, 3.05) is 6.61 Å². The van der Waals surface area contributed by atoms with Gasteiger partial charge >= 0.3 is 0 Å². The standard InChI is InChI=1S/C9H18O3/c1-4-5-7-8(6-10)12-9(2,3)11-7/h7-8,10H,4-6H2,1-3H3/t7-,8?/m0/s1. The van der Waals surface area contributed by atoms with Gasteiger partial charge in [-0.3, -0.25) is 0 Å². The van der Waals surface area contributed by atoms with E-state index in [1.165, 1.54) is 0 Å². The molecule has 1 heterocycles. The Labute approximate surface area is 73.7 Å². The van der Waals surface area contributed by atoms with Gasteiger partial charge in [-0.25, -0.2) is 0 Å². The third-order valence-electron chi connectivity index (χ3n) is 2.04. The van der Waals surface area contributed by atoms with Crippen molar-refractivity contribution in [1.82, 2.24) is 0 Å². The Morgan fingerprint density at radius 1 is 1.25 bits per heavy atom. The maximum atomic E-state index is 8.99. The number of aliphatic hydroxyl groups is 1. The highest BCUT2D eigenvalue weighted by Crippen LogP contribution is 2.29. The highest BCUT2D eigenvalue weighted by molar-refractivity contribution is 4.80. The van der Waals surface area contributed by atoms with Crippen LogP contribution in [0.15, 0.2) is 0 Å². The molecule has 0 radical (unpaired) electrons. The summed E-state index contributed by atoms with van der Waals surface area (Å²) in [5, 5.41) is 8.99. The van der Waals surface area contributed by atoms with Crippen LogP contribution in [0.3, 0.4) is 0 Å². The van der Waals surface area contributed by atoms with Crippen LogP contribution in [0.5, 0.6) is 0 Å². The van der Waals surface area contributed by atoms with E-state index in [1.807, 2.05) is 13.8 Å². The molecule has 0 amide bonds. The molecule has 0 aromatic carbocycles. The zero-order valence-electron chi connectivity index (χ0n) is 8.04. The molecule has 12 heavy (non-hydrogen) atoms. The average molecular weight is 174 g/mol. The van der Waals surface area contributed by atoms with Crippen LogP contribution < -0.4 is 0 Å². The molecule has 2 atom stereocenters. The molecule has 0 aromatic heterocycles. The number of ether oxygens (including phenoxy) is 2. The fourth-order valence-corrected chi connectivity index (χ4v) is 1.59. The van der Waals surface area contributed by atoms with Crippen molar-refractivity contribution in [3.8, 4) is 0 Å². The number of hydrogen-bond acceptors (Lipinski definition) is 3. The van der Waals surface area contributed by atoms with E-state index < -0.39 is 5.79 Å². The van der Waals surface area contributed by atoms with E-state index in [0.717, 1.165) is 12.8 Å². The summed E-state index contributed by atoms with van der Waals surface area (Å²) >= 11 is 0. The van der Waals surface area contributed by atoms with Crippen molar-refractivity contribution in [2.24, 2.45) is 0 Å². The van der Waals surface area contributed by atoms with Crippen molar-refractivity contribution in [2.45, 2.75) is 51.6 Å². The van der Waals surface area contributed by atoms with Crippen LogP contribution in [0.1, 0.15) is 33.6 Å². The van der Waals surface area contributed by atoms with Crippen LogP contribution in [0, 0.1) is 0 Å². The van der Waals surface area contributed by atoms with Gasteiger partial charge in [-0.15, -0.1) is 0 Å². The Bertz CT molecular complexity index is 145. The molecule has 3 nitrogen and oxygen atoms in total. The summed E-state index contributed by atoms with van der Waals surface area (Å²) < 4.78 is 11.1. The van der Waals surface area contributed by atoms with Crippen LogP contribution in [-0.2, 0) is 9.47 Å². The highest BCUT2D eigenvalue weighted by Gasteiger charge is 2.39. The minimum Gasteiger partial charge on any atom is -0.394 e. The van der Waals surface area contributed by atoms with E-state index in [0.29, 0.717) is 0 Å². The van der Waals surface area contributed by atoms with Crippen molar-refractivity contribution < 1.29 is 14.6 Å². The summed E-state index contributed by atoms with van der Waals surface area (Å²) in [6.07, 6.45) is 1.94. The summed E-state index contributed by atoms with van der Waals surface area (Å²) in [7, 11) is 0. The average Bonchev–Trinajstić information content (AvgIpc) is 2.26. The number of hydrogen-bond donors (Lipinski definition) is 1. The van der Waals surface area contributed by atoms with Crippen LogP contribution in [0.2, 0.25) is 0 Å². The molecule has 0 aliphatic carbocycles. The summed E-state index contributed by atoms with van der Waals surface area (Å²) in [5.41, 5.74) is 0.